The number of aryl methyl sites for hydroxylation is 1. The summed E-state index contributed by atoms with van der Waals surface area (Å²) in [5, 5.41) is 2.79. The molecule has 35 heavy (non-hydrogen) atoms. The Morgan fingerprint density at radius 3 is 2.54 bits per heavy atom. The first-order valence-electron chi connectivity index (χ1n) is 10.5. The van der Waals surface area contributed by atoms with Crippen LogP contribution in [0.1, 0.15) is 16.7 Å². The average Bonchev–Trinajstić information content (AvgIpc) is 2.83. The third kappa shape index (κ3) is 5.23. The molecule has 1 aliphatic heterocycles. The number of carbonyl (C=O) groups is 3. The topological polar surface area (TPSA) is 84.9 Å². The molecule has 0 bridgehead atoms. The molecular weight excluding hydrogens is 536 g/mol. The molecule has 0 unspecified atom stereocenters. The second-order valence-electron chi connectivity index (χ2n) is 7.68. The lowest BCUT2D eigenvalue weighted by Crippen LogP contribution is -2.54. The van der Waals surface area contributed by atoms with Crippen molar-refractivity contribution in [3.63, 3.8) is 0 Å². The number of rotatable bonds is 6. The number of urea groups is 1. The van der Waals surface area contributed by atoms with Crippen molar-refractivity contribution in [3.05, 3.63) is 92.4 Å². The summed E-state index contributed by atoms with van der Waals surface area (Å²) in [7, 11) is 1.52. The van der Waals surface area contributed by atoms with Gasteiger partial charge in [-0.25, -0.2) is 9.69 Å². The molecule has 4 amide bonds. The standard InChI is InChI=1S/C26H20BrClN2O5/c1-15-11-18(8-10-21(15)27)30-25(32)20(24(31)29-26(30)33)12-16-7-9-19(34-2)13-23(16)35-14-17-5-3-4-6-22(17)28/h3-13H,14H2,1-2H3,(H,29,31,33)/b20-12-. The van der Waals surface area contributed by atoms with E-state index in [9.17, 15) is 14.4 Å². The first-order chi connectivity index (χ1) is 16.8. The number of hydrogen-bond acceptors (Lipinski definition) is 5. The van der Waals surface area contributed by atoms with E-state index < -0.39 is 17.8 Å². The summed E-state index contributed by atoms with van der Waals surface area (Å²) in [5.74, 6) is -0.630. The van der Waals surface area contributed by atoms with Crippen LogP contribution >= 0.6 is 27.5 Å². The minimum atomic E-state index is -0.816. The van der Waals surface area contributed by atoms with Crippen LogP contribution in [0.2, 0.25) is 5.02 Å². The summed E-state index contributed by atoms with van der Waals surface area (Å²) in [5.41, 5.74) is 2.19. The van der Waals surface area contributed by atoms with Crippen molar-refractivity contribution < 1.29 is 23.9 Å². The first kappa shape index (κ1) is 24.5. The van der Waals surface area contributed by atoms with Gasteiger partial charge in [0.05, 0.1) is 12.8 Å². The minimum absolute atomic E-state index is 0.159. The predicted octanol–water partition coefficient (Wildman–Crippen LogP) is 5.66. The van der Waals surface area contributed by atoms with E-state index in [1.807, 2.05) is 25.1 Å². The van der Waals surface area contributed by atoms with Gasteiger partial charge in [0.2, 0.25) is 0 Å². The molecule has 3 aromatic rings. The van der Waals surface area contributed by atoms with Gasteiger partial charge in [-0.05, 0) is 55.0 Å². The van der Waals surface area contributed by atoms with Gasteiger partial charge in [-0.2, -0.15) is 0 Å². The van der Waals surface area contributed by atoms with E-state index in [2.05, 4.69) is 21.2 Å². The summed E-state index contributed by atoms with van der Waals surface area (Å²) in [6.45, 7) is 1.99. The molecule has 0 aliphatic carbocycles. The van der Waals surface area contributed by atoms with E-state index in [4.69, 9.17) is 21.1 Å². The van der Waals surface area contributed by atoms with E-state index in [0.29, 0.717) is 27.8 Å². The fourth-order valence-corrected chi connectivity index (χ4v) is 3.91. The highest BCUT2D eigenvalue weighted by Crippen LogP contribution is 2.31. The van der Waals surface area contributed by atoms with Crippen LogP contribution in [-0.2, 0) is 16.2 Å². The van der Waals surface area contributed by atoms with Crippen LogP contribution in [0.3, 0.4) is 0 Å². The fourth-order valence-electron chi connectivity index (χ4n) is 3.47. The molecule has 3 aromatic carbocycles. The SMILES string of the molecule is COc1ccc(/C=C2/C(=O)NC(=O)N(c3ccc(Br)c(C)c3)C2=O)c(OCc2ccccc2Cl)c1. The van der Waals surface area contributed by atoms with Crippen molar-refractivity contribution in [3.8, 4) is 11.5 Å². The molecule has 4 rings (SSSR count). The quantitative estimate of drug-likeness (QED) is 0.313. The summed E-state index contributed by atoms with van der Waals surface area (Å²) in [6.07, 6.45) is 1.39. The Hall–Kier alpha value is -3.62. The fraction of sp³-hybridized carbons (Fsp3) is 0.115. The van der Waals surface area contributed by atoms with Gasteiger partial charge in [0.25, 0.3) is 11.8 Å². The van der Waals surface area contributed by atoms with Crippen LogP contribution in [0.25, 0.3) is 6.08 Å². The van der Waals surface area contributed by atoms with Crippen LogP contribution in [-0.4, -0.2) is 25.0 Å². The van der Waals surface area contributed by atoms with Crippen LogP contribution in [0.5, 0.6) is 11.5 Å². The summed E-state index contributed by atoms with van der Waals surface area (Å²) in [6, 6.07) is 16.5. The largest absolute Gasteiger partial charge is 0.497 e. The lowest BCUT2D eigenvalue weighted by molar-refractivity contribution is -0.122. The number of nitrogens with one attached hydrogen (secondary N) is 1. The Kier molecular flexibility index (Phi) is 7.23. The van der Waals surface area contributed by atoms with E-state index in [1.165, 1.54) is 13.2 Å². The molecule has 1 fully saturated rings. The summed E-state index contributed by atoms with van der Waals surface area (Å²) >= 11 is 9.64. The molecule has 0 radical (unpaired) electrons. The van der Waals surface area contributed by atoms with Gasteiger partial charge >= 0.3 is 6.03 Å². The number of halogens is 2. The molecule has 0 saturated carbocycles. The zero-order chi connectivity index (χ0) is 25.1. The van der Waals surface area contributed by atoms with Crippen LogP contribution < -0.4 is 19.7 Å². The molecule has 7 nitrogen and oxygen atoms in total. The van der Waals surface area contributed by atoms with Crippen LogP contribution in [0.15, 0.2) is 70.7 Å². The zero-order valence-corrected chi connectivity index (χ0v) is 21.1. The van der Waals surface area contributed by atoms with Crippen molar-refractivity contribution in [2.75, 3.05) is 12.0 Å². The maximum absolute atomic E-state index is 13.3. The Balaban J connectivity index is 1.70. The summed E-state index contributed by atoms with van der Waals surface area (Å²) < 4.78 is 12.1. The van der Waals surface area contributed by atoms with Crippen molar-refractivity contribution in [1.29, 1.82) is 0 Å². The highest BCUT2D eigenvalue weighted by Gasteiger charge is 2.37. The number of barbiturate groups is 1. The highest BCUT2D eigenvalue weighted by atomic mass is 79.9. The molecule has 1 saturated heterocycles. The Morgan fingerprint density at radius 1 is 1.06 bits per heavy atom. The Morgan fingerprint density at radius 2 is 1.83 bits per heavy atom. The van der Waals surface area contributed by atoms with Crippen LogP contribution in [0, 0.1) is 6.92 Å². The maximum atomic E-state index is 13.3. The predicted molar refractivity (Wildman–Crippen MR) is 137 cm³/mol. The smallest absolute Gasteiger partial charge is 0.335 e. The van der Waals surface area contributed by atoms with E-state index in [-0.39, 0.29) is 12.2 Å². The normalized spacial score (nSPS) is 14.8. The lowest BCUT2D eigenvalue weighted by Gasteiger charge is -2.27. The minimum Gasteiger partial charge on any atom is -0.497 e. The van der Waals surface area contributed by atoms with Gasteiger partial charge in [0.1, 0.15) is 23.7 Å². The number of anilines is 1. The second kappa shape index (κ2) is 10.3. The maximum Gasteiger partial charge on any atom is 0.335 e. The van der Waals surface area contributed by atoms with E-state index in [1.54, 1.807) is 42.5 Å². The highest BCUT2D eigenvalue weighted by molar-refractivity contribution is 9.10. The van der Waals surface area contributed by atoms with E-state index >= 15 is 0 Å². The summed E-state index contributed by atoms with van der Waals surface area (Å²) in [4.78, 5) is 39.4. The molecule has 0 aromatic heterocycles. The van der Waals surface area contributed by atoms with Gasteiger partial charge in [0, 0.05) is 26.7 Å². The lowest BCUT2D eigenvalue weighted by atomic mass is 10.1. The van der Waals surface area contributed by atoms with Crippen molar-refractivity contribution in [1.82, 2.24) is 5.32 Å². The third-order valence-corrected chi connectivity index (χ3v) is 6.62. The molecule has 0 atom stereocenters. The van der Waals surface area contributed by atoms with Crippen molar-refractivity contribution in [2.45, 2.75) is 13.5 Å². The molecule has 0 spiro atoms. The number of imide groups is 2. The second-order valence-corrected chi connectivity index (χ2v) is 8.94. The third-order valence-electron chi connectivity index (χ3n) is 5.36. The molecule has 1 heterocycles. The number of carbonyl (C=O) groups excluding carboxylic acids is 3. The first-order valence-corrected chi connectivity index (χ1v) is 11.7. The Labute approximate surface area is 215 Å². The number of methoxy groups -OCH3 is 1. The molecule has 1 aliphatic rings. The average molecular weight is 556 g/mol. The van der Waals surface area contributed by atoms with Gasteiger partial charge in [0.15, 0.2) is 0 Å². The zero-order valence-electron chi connectivity index (χ0n) is 18.8. The van der Waals surface area contributed by atoms with Crippen LogP contribution in [0.4, 0.5) is 10.5 Å². The van der Waals surface area contributed by atoms with Gasteiger partial charge < -0.3 is 9.47 Å². The van der Waals surface area contributed by atoms with Crippen molar-refractivity contribution in [2.24, 2.45) is 0 Å². The van der Waals surface area contributed by atoms with E-state index in [0.717, 1.165) is 20.5 Å². The number of nitrogens with zero attached hydrogens (tertiary/aromatic N) is 1. The molecular formula is C26H20BrClN2O5. The number of amides is 4. The van der Waals surface area contributed by atoms with Crippen molar-refractivity contribution >= 4 is 57.1 Å². The monoisotopic (exact) mass is 554 g/mol. The Bertz CT molecular complexity index is 1370. The van der Waals surface area contributed by atoms with Gasteiger partial charge in [-0.3, -0.25) is 14.9 Å². The number of hydrogen-bond donors (Lipinski definition) is 1. The number of ether oxygens (including phenoxy) is 2. The molecule has 1 N–H and O–H groups in total. The molecule has 9 heteroatoms. The number of benzene rings is 3. The molecule has 178 valence electrons. The van der Waals surface area contributed by atoms with Gasteiger partial charge in [-0.15, -0.1) is 0 Å². The van der Waals surface area contributed by atoms with Gasteiger partial charge in [-0.1, -0.05) is 45.7 Å².